The van der Waals surface area contributed by atoms with Gasteiger partial charge in [0.05, 0.1) is 6.20 Å². The molecule has 0 saturated heterocycles. The first-order chi connectivity index (χ1) is 8.20. The van der Waals surface area contributed by atoms with Crippen molar-refractivity contribution in [3.63, 3.8) is 0 Å². The number of hydrogen-bond acceptors (Lipinski definition) is 4. The molecule has 1 aliphatic rings. The molecule has 0 spiro atoms. The number of nitrogens with one attached hydrogen (secondary N) is 1. The van der Waals surface area contributed by atoms with E-state index in [0.717, 1.165) is 25.7 Å². The second-order valence-electron chi connectivity index (χ2n) is 4.12. The zero-order valence-electron chi connectivity index (χ0n) is 9.79. The maximum absolute atomic E-state index is 5.96. The summed E-state index contributed by atoms with van der Waals surface area (Å²) in [5.41, 5.74) is 0. The van der Waals surface area contributed by atoms with Gasteiger partial charge in [0, 0.05) is 19.1 Å². The van der Waals surface area contributed by atoms with Crippen molar-refractivity contribution in [2.45, 2.75) is 25.8 Å². The van der Waals surface area contributed by atoms with Gasteiger partial charge in [0.25, 0.3) is 0 Å². The molecule has 0 aromatic carbocycles. The Kier molecular flexibility index (Phi) is 4.42. The van der Waals surface area contributed by atoms with Crippen LogP contribution in [0, 0.1) is 0 Å². The van der Waals surface area contributed by atoms with Crippen LogP contribution in [-0.2, 0) is 0 Å². The Morgan fingerprint density at radius 3 is 2.88 bits per heavy atom. The number of anilines is 1. The average molecular weight is 275 g/mol. The minimum absolute atomic E-state index is 0.214. The fourth-order valence-electron chi connectivity index (χ4n) is 1.83. The van der Waals surface area contributed by atoms with Crippen LogP contribution in [-0.4, -0.2) is 40.5 Å². The van der Waals surface area contributed by atoms with E-state index in [9.17, 15) is 0 Å². The smallest absolute Gasteiger partial charge is 0.224 e. The van der Waals surface area contributed by atoms with Gasteiger partial charge in [-0.1, -0.05) is 18.5 Å². The summed E-state index contributed by atoms with van der Waals surface area (Å²) in [5, 5.41) is 3.91. The summed E-state index contributed by atoms with van der Waals surface area (Å²) in [4.78, 5) is 10.3. The Balaban J connectivity index is 1.82. The van der Waals surface area contributed by atoms with Crippen LogP contribution in [0.2, 0.25) is 10.3 Å². The van der Waals surface area contributed by atoms with Crippen molar-refractivity contribution in [3.05, 3.63) is 16.5 Å². The molecule has 94 valence electrons. The molecule has 4 nitrogen and oxygen atoms in total. The van der Waals surface area contributed by atoms with E-state index in [2.05, 4.69) is 27.1 Å². The van der Waals surface area contributed by atoms with Gasteiger partial charge in [-0.15, -0.1) is 0 Å². The number of hydrogen-bond donors (Lipinski definition) is 1. The Bertz CT molecular complexity index is 382. The summed E-state index contributed by atoms with van der Waals surface area (Å²) in [5.74, 6) is 0.610. The topological polar surface area (TPSA) is 41.0 Å². The molecule has 0 radical (unpaired) electrons. The first-order valence-corrected chi connectivity index (χ1v) is 6.62. The van der Waals surface area contributed by atoms with E-state index in [0.29, 0.717) is 10.8 Å². The lowest BCUT2D eigenvalue weighted by Gasteiger charge is -2.20. The van der Waals surface area contributed by atoms with Crippen LogP contribution < -0.4 is 5.32 Å². The molecule has 2 rings (SSSR count). The second-order valence-corrected chi connectivity index (χ2v) is 4.87. The zero-order chi connectivity index (χ0) is 12.3. The lowest BCUT2D eigenvalue weighted by atomic mass is 10.4. The van der Waals surface area contributed by atoms with Crippen LogP contribution in [0.15, 0.2) is 6.20 Å². The molecule has 1 aliphatic carbocycles. The van der Waals surface area contributed by atoms with Crippen molar-refractivity contribution >= 4 is 29.0 Å². The van der Waals surface area contributed by atoms with Crippen molar-refractivity contribution in [2.24, 2.45) is 0 Å². The average Bonchev–Trinajstić information content (AvgIpc) is 3.13. The van der Waals surface area contributed by atoms with Gasteiger partial charge in [-0.05, 0) is 31.0 Å². The van der Waals surface area contributed by atoms with E-state index in [1.807, 2.05) is 0 Å². The summed E-state index contributed by atoms with van der Waals surface area (Å²) in [7, 11) is 0. The third-order valence-corrected chi connectivity index (χ3v) is 3.33. The van der Waals surface area contributed by atoms with Crippen LogP contribution in [0.5, 0.6) is 0 Å². The quantitative estimate of drug-likeness (QED) is 0.810. The Labute approximate surface area is 111 Å². The Morgan fingerprint density at radius 2 is 2.24 bits per heavy atom. The van der Waals surface area contributed by atoms with Gasteiger partial charge in [-0.2, -0.15) is 4.98 Å². The van der Waals surface area contributed by atoms with Crippen LogP contribution in [0.3, 0.4) is 0 Å². The SMILES string of the molecule is CCN(CCNc1nc(Cl)ncc1Cl)C1CC1. The molecular weight excluding hydrogens is 259 g/mol. The van der Waals surface area contributed by atoms with Crippen molar-refractivity contribution < 1.29 is 0 Å². The second kappa shape index (κ2) is 5.85. The lowest BCUT2D eigenvalue weighted by molar-refractivity contribution is 0.289. The first kappa shape index (κ1) is 12.9. The molecule has 0 amide bonds. The summed E-state index contributed by atoms with van der Waals surface area (Å²) >= 11 is 11.7. The largest absolute Gasteiger partial charge is 0.367 e. The highest BCUT2D eigenvalue weighted by atomic mass is 35.5. The van der Waals surface area contributed by atoms with Crippen LogP contribution >= 0.6 is 23.2 Å². The number of aromatic nitrogens is 2. The third kappa shape index (κ3) is 3.69. The first-order valence-electron chi connectivity index (χ1n) is 5.86. The van der Waals surface area contributed by atoms with Crippen molar-refractivity contribution in [3.8, 4) is 0 Å². The molecule has 1 aromatic heterocycles. The fraction of sp³-hybridized carbons (Fsp3) is 0.636. The summed E-state index contributed by atoms with van der Waals surface area (Å²) in [6.45, 7) is 5.09. The maximum Gasteiger partial charge on any atom is 0.224 e. The van der Waals surface area contributed by atoms with Crippen LogP contribution in [0.25, 0.3) is 0 Å². The molecule has 1 saturated carbocycles. The Morgan fingerprint density at radius 1 is 1.47 bits per heavy atom. The molecule has 1 fully saturated rings. The molecule has 1 N–H and O–H groups in total. The predicted molar refractivity (Wildman–Crippen MR) is 70.8 cm³/mol. The van der Waals surface area contributed by atoms with E-state index in [1.54, 1.807) is 0 Å². The highest BCUT2D eigenvalue weighted by molar-refractivity contribution is 6.33. The Hall–Kier alpha value is -0.580. The minimum Gasteiger partial charge on any atom is -0.367 e. The predicted octanol–water partition coefficient (Wildman–Crippen LogP) is 2.68. The molecule has 0 atom stereocenters. The van der Waals surface area contributed by atoms with Crippen molar-refractivity contribution in [2.75, 3.05) is 25.0 Å². The number of halogens is 2. The molecule has 0 unspecified atom stereocenters. The zero-order valence-corrected chi connectivity index (χ0v) is 11.3. The molecule has 6 heteroatoms. The van der Waals surface area contributed by atoms with E-state index in [1.165, 1.54) is 19.0 Å². The van der Waals surface area contributed by atoms with E-state index in [4.69, 9.17) is 23.2 Å². The van der Waals surface area contributed by atoms with E-state index in [-0.39, 0.29) is 5.28 Å². The summed E-state index contributed by atoms with van der Waals surface area (Å²) in [6, 6.07) is 0.784. The molecular formula is C11H16Cl2N4. The monoisotopic (exact) mass is 274 g/mol. The van der Waals surface area contributed by atoms with E-state index < -0.39 is 0 Å². The minimum atomic E-state index is 0.214. The molecule has 17 heavy (non-hydrogen) atoms. The van der Waals surface area contributed by atoms with Crippen LogP contribution in [0.1, 0.15) is 19.8 Å². The maximum atomic E-state index is 5.96. The molecule has 0 aliphatic heterocycles. The highest BCUT2D eigenvalue weighted by Gasteiger charge is 2.27. The van der Waals surface area contributed by atoms with Crippen LogP contribution in [0.4, 0.5) is 5.82 Å². The van der Waals surface area contributed by atoms with Gasteiger partial charge >= 0.3 is 0 Å². The number of likely N-dealkylation sites (N-methyl/N-ethyl adjacent to an activating group) is 1. The molecule has 1 aromatic rings. The summed E-state index contributed by atoms with van der Waals surface area (Å²) < 4.78 is 0. The molecule has 1 heterocycles. The van der Waals surface area contributed by atoms with Gasteiger partial charge in [-0.3, -0.25) is 4.90 Å². The number of rotatable bonds is 6. The normalized spacial score (nSPS) is 15.3. The van der Waals surface area contributed by atoms with E-state index >= 15 is 0 Å². The highest BCUT2D eigenvalue weighted by Crippen LogP contribution is 2.26. The van der Waals surface area contributed by atoms with Gasteiger partial charge in [0.15, 0.2) is 0 Å². The van der Waals surface area contributed by atoms with Crippen molar-refractivity contribution in [1.29, 1.82) is 0 Å². The van der Waals surface area contributed by atoms with Gasteiger partial charge < -0.3 is 5.32 Å². The molecule has 0 bridgehead atoms. The fourth-order valence-corrected chi connectivity index (χ4v) is 2.12. The lowest BCUT2D eigenvalue weighted by Crippen LogP contribution is -2.31. The third-order valence-electron chi connectivity index (χ3n) is 2.88. The van der Waals surface area contributed by atoms with Crippen molar-refractivity contribution in [1.82, 2.24) is 14.9 Å². The van der Waals surface area contributed by atoms with Gasteiger partial charge in [-0.25, -0.2) is 4.98 Å². The number of nitrogens with zero attached hydrogens (tertiary/aromatic N) is 3. The summed E-state index contributed by atoms with van der Waals surface area (Å²) in [6.07, 6.45) is 4.17. The van der Waals surface area contributed by atoms with Gasteiger partial charge in [0.2, 0.25) is 5.28 Å². The standard InChI is InChI=1S/C11H16Cl2N4/c1-2-17(8-3-4-8)6-5-14-10-9(12)7-15-11(13)16-10/h7-8H,2-6H2,1H3,(H,14,15,16). The van der Waals surface area contributed by atoms with Gasteiger partial charge in [0.1, 0.15) is 10.8 Å².